The first-order valence-corrected chi connectivity index (χ1v) is 18.8. The van der Waals surface area contributed by atoms with E-state index < -0.39 is 0 Å². The number of anilines is 3. The number of para-hydroxylation sites is 3. The zero-order chi connectivity index (χ0) is 36.8. The summed E-state index contributed by atoms with van der Waals surface area (Å²) in [6.45, 7) is 9.01. The Hall–Kier alpha value is -6.64. The van der Waals surface area contributed by atoms with Gasteiger partial charge in [0.2, 0.25) is 0 Å². The SMILES string of the molecule is Cc1cc(-c2c(C)cc(-n3c4ccccc4c4ccccc43)cc2C)c(C)cc1-c1ccc(N(c2ccccc2)c2ccc(-c3ccccc3)cc2)cc1. The molecule has 8 aromatic carbocycles. The number of hydrogen-bond acceptors (Lipinski definition) is 1. The molecule has 0 saturated carbocycles. The summed E-state index contributed by atoms with van der Waals surface area (Å²) in [6.07, 6.45) is 0. The molecule has 2 nitrogen and oxygen atoms in total. The van der Waals surface area contributed by atoms with E-state index in [1.807, 2.05) is 0 Å². The summed E-state index contributed by atoms with van der Waals surface area (Å²) in [6, 6.07) is 66.0. The quantitative estimate of drug-likeness (QED) is 0.161. The van der Waals surface area contributed by atoms with E-state index in [1.54, 1.807) is 0 Å². The fourth-order valence-electron chi connectivity index (χ4n) is 8.34. The number of nitrogens with zero attached hydrogens (tertiary/aromatic N) is 2. The third-order valence-corrected chi connectivity index (χ3v) is 10.9. The van der Waals surface area contributed by atoms with Gasteiger partial charge in [0, 0.05) is 33.5 Å². The van der Waals surface area contributed by atoms with Crippen LogP contribution >= 0.6 is 0 Å². The van der Waals surface area contributed by atoms with E-state index in [0.717, 1.165) is 17.1 Å². The van der Waals surface area contributed by atoms with Crippen molar-refractivity contribution >= 4 is 38.9 Å². The van der Waals surface area contributed by atoms with Crippen LogP contribution in [0.15, 0.2) is 182 Å². The third kappa shape index (κ3) is 5.87. The molecule has 0 fully saturated rings. The highest BCUT2D eigenvalue weighted by Gasteiger charge is 2.18. The Morgan fingerprint density at radius 2 is 0.778 bits per heavy atom. The molecule has 0 bridgehead atoms. The maximum absolute atomic E-state index is 2.41. The van der Waals surface area contributed by atoms with Gasteiger partial charge in [-0.05, 0) is 144 Å². The third-order valence-electron chi connectivity index (χ3n) is 10.9. The number of benzene rings is 8. The fourth-order valence-corrected chi connectivity index (χ4v) is 8.34. The van der Waals surface area contributed by atoms with Crippen LogP contribution in [0.1, 0.15) is 22.3 Å². The summed E-state index contributed by atoms with van der Waals surface area (Å²) >= 11 is 0. The Morgan fingerprint density at radius 3 is 1.35 bits per heavy atom. The van der Waals surface area contributed by atoms with Crippen molar-refractivity contribution in [2.45, 2.75) is 27.7 Å². The van der Waals surface area contributed by atoms with Crippen LogP contribution in [-0.2, 0) is 0 Å². The van der Waals surface area contributed by atoms with Crippen molar-refractivity contribution < 1.29 is 0 Å². The minimum absolute atomic E-state index is 1.12. The molecule has 0 spiro atoms. The maximum Gasteiger partial charge on any atom is 0.0541 e. The molecule has 2 heteroatoms. The predicted octanol–water partition coefficient (Wildman–Crippen LogP) is 14.5. The van der Waals surface area contributed by atoms with Gasteiger partial charge in [-0.1, -0.05) is 121 Å². The van der Waals surface area contributed by atoms with E-state index >= 15 is 0 Å². The minimum atomic E-state index is 1.12. The highest BCUT2D eigenvalue weighted by Crippen LogP contribution is 2.40. The van der Waals surface area contributed by atoms with Gasteiger partial charge in [-0.3, -0.25) is 0 Å². The largest absolute Gasteiger partial charge is 0.311 e. The Balaban J connectivity index is 1.05. The average Bonchev–Trinajstić information content (AvgIpc) is 3.55. The van der Waals surface area contributed by atoms with E-state index in [0.29, 0.717) is 0 Å². The summed E-state index contributed by atoms with van der Waals surface area (Å²) in [5, 5.41) is 2.57. The molecule has 0 atom stereocenters. The van der Waals surface area contributed by atoms with Crippen LogP contribution in [0.2, 0.25) is 0 Å². The normalized spacial score (nSPS) is 11.3. The van der Waals surface area contributed by atoms with E-state index in [-0.39, 0.29) is 0 Å². The Morgan fingerprint density at radius 1 is 0.352 bits per heavy atom. The number of fused-ring (bicyclic) bond motifs is 3. The lowest BCUT2D eigenvalue weighted by molar-refractivity contribution is 1.16. The number of hydrogen-bond donors (Lipinski definition) is 0. The molecule has 1 heterocycles. The van der Waals surface area contributed by atoms with Crippen LogP contribution in [0.3, 0.4) is 0 Å². The lowest BCUT2D eigenvalue weighted by Gasteiger charge is -2.26. The van der Waals surface area contributed by atoms with Crippen molar-refractivity contribution in [3.8, 4) is 39.1 Å². The molecule has 260 valence electrons. The minimum Gasteiger partial charge on any atom is -0.311 e. The van der Waals surface area contributed by atoms with Gasteiger partial charge in [0.1, 0.15) is 0 Å². The molecule has 0 saturated heterocycles. The monoisotopic (exact) mass is 694 g/mol. The summed E-state index contributed by atoms with van der Waals surface area (Å²) in [4.78, 5) is 2.33. The van der Waals surface area contributed by atoms with Crippen molar-refractivity contribution in [2.24, 2.45) is 0 Å². The first-order valence-electron chi connectivity index (χ1n) is 18.8. The van der Waals surface area contributed by atoms with Gasteiger partial charge in [0.25, 0.3) is 0 Å². The molecule has 1 aromatic heterocycles. The van der Waals surface area contributed by atoms with Crippen LogP contribution in [0, 0.1) is 27.7 Å². The molecular formula is C52H42N2. The summed E-state index contributed by atoms with van der Waals surface area (Å²) in [5.41, 5.74) is 19.7. The molecule has 9 aromatic rings. The van der Waals surface area contributed by atoms with E-state index in [9.17, 15) is 0 Å². The smallest absolute Gasteiger partial charge is 0.0541 e. The molecule has 0 radical (unpaired) electrons. The lowest BCUT2D eigenvalue weighted by atomic mass is 9.88. The molecule has 0 aliphatic rings. The van der Waals surface area contributed by atoms with Crippen LogP contribution < -0.4 is 4.90 Å². The summed E-state index contributed by atoms with van der Waals surface area (Å²) in [5.74, 6) is 0. The van der Waals surface area contributed by atoms with Crippen molar-refractivity contribution in [1.29, 1.82) is 0 Å². The Bertz CT molecular complexity index is 2700. The lowest BCUT2D eigenvalue weighted by Crippen LogP contribution is -2.09. The van der Waals surface area contributed by atoms with E-state index in [4.69, 9.17) is 0 Å². The van der Waals surface area contributed by atoms with Crippen LogP contribution in [0.4, 0.5) is 17.1 Å². The molecule has 0 aliphatic heterocycles. The average molecular weight is 695 g/mol. The zero-order valence-corrected chi connectivity index (χ0v) is 31.2. The van der Waals surface area contributed by atoms with Gasteiger partial charge in [-0.2, -0.15) is 0 Å². The van der Waals surface area contributed by atoms with Crippen molar-refractivity contribution in [3.05, 3.63) is 204 Å². The predicted molar refractivity (Wildman–Crippen MR) is 231 cm³/mol. The molecule has 0 unspecified atom stereocenters. The standard InChI is InChI=1S/C52H42N2/c1-35-34-49(52-37(3)31-45(32-38(52)4)54-50-21-13-11-19-46(50)47-20-12-14-22-51(47)54)36(2)33-48(35)41-25-29-44(30-26-41)53(42-17-9-6-10-18-42)43-27-23-40(24-28-43)39-15-7-5-8-16-39/h5-34H,1-4H3. The van der Waals surface area contributed by atoms with Crippen molar-refractivity contribution in [2.75, 3.05) is 4.90 Å². The number of aryl methyl sites for hydroxylation is 4. The van der Waals surface area contributed by atoms with Crippen molar-refractivity contribution in [1.82, 2.24) is 4.57 Å². The second-order valence-electron chi connectivity index (χ2n) is 14.4. The molecule has 0 N–H and O–H groups in total. The van der Waals surface area contributed by atoms with Crippen LogP contribution in [0.25, 0.3) is 60.9 Å². The topological polar surface area (TPSA) is 8.17 Å². The molecule has 0 aliphatic carbocycles. The molecular weight excluding hydrogens is 653 g/mol. The van der Waals surface area contributed by atoms with Gasteiger partial charge in [0.15, 0.2) is 0 Å². The molecule has 54 heavy (non-hydrogen) atoms. The van der Waals surface area contributed by atoms with Crippen molar-refractivity contribution in [3.63, 3.8) is 0 Å². The number of rotatable bonds is 7. The van der Waals surface area contributed by atoms with Gasteiger partial charge < -0.3 is 9.47 Å². The first-order chi connectivity index (χ1) is 26.4. The fraction of sp³-hybridized carbons (Fsp3) is 0.0769. The second-order valence-corrected chi connectivity index (χ2v) is 14.4. The summed E-state index contributed by atoms with van der Waals surface area (Å²) in [7, 11) is 0. The van der Waals surface area contributed by atoms with Gasteiger partial charge in [-0.15, -0.1) is 0 Å². The first kappa shape index (κ1) is 33.2. The van der Waals surface area contributed by atoms with Gasteiger partial charge in [0.05, 0.1) is 11.0 Å². The second kappa shape index (κ2) is 13.7. The highest BCUT2D eigenvalue weighted by atomic mass is 15.1. The summed E-state index contributed by atoms with van der Waals surface area (Å²) < 4.78 is 2.41. The van der Waals surface area contributed by atoms with Crippen LogP contribution in [0.5, 0.6) is 0 Å². The maximum atomic E-state index is 2.41. The van der Waals surface area contributed by atoms with Crippen LogP contribution in [-0.4, -0.2) is 4.57 Å². The molecule has 9 rings (SSSR count). The van der Waals surface area contributed by atoms with E-state index in [2.05, 4.69) is 219 Å². The Labute approximate surface area is 318 Å². The molecule has 0 amide bonds. The Kier molecular flexibility index (Phi) is 8.44. The van der Waals surface area contributed by atoms with Gasteiger partial charge >= 0.3 is 0 Å². The highest BCUT2D eigenvalue weighted by molar-refractivity contribution is 6.09. The zero-order valence-electron chi connectivity index (χ0n) is 31.2. The number of aromatic nitrogens is 1. The van der Waals surface area contributed by atoms with E-state index in [1.165, 1.54) is 83.1 Å². The van der Waals surface area contributed by atoms with Gasteiger partial charge in [-0.25, -0.2) is 0 Å².